The summed E-state index contributed by atoms with van der Waals surface area (Å²) in [6.45, 7) is 0. The van der Waals surface area contributed by atoms with E-state index in [2.05, 4.69) is 23.2 Å². The SMILES string of the molecule is O=C1CCCC(c2cc3c([nH]2)CC=CC3)C1. The summed E-state index contributed by atoms with van der Waals surface area (Å²) < 4.78 is 0. The summed E-state index contributed by atoms with van der Waals surface area (Å²) in [6.07, 6.45) is 10.3. The topological polar surface area (TPSA) is 32.9 Å². The molecule has 2 aliphatic carbocycles. The lowest BCUT2D eigenvalue weighted by atomic mass is 9.86. The maximum Gasteiger partial charge on any atom is 0.133 e. The van der Waals surface area contributed by atoms with Crippen molar-refractivity contribution in [1.82, 2.24) is 4.98 Å². The number of carbonyl (C=O) groups excluding carboxylic acids is 1. The highest BCUT2D eigenvalue weighted by molar-refractivity contribution is 5.80. The van der Waals surface area contributed by atoms with Gasteiger partial charge in [0.05, 0.1) is 0 Å². The Balaban J connectivity index is 1.84. The van der Waals surface area contributed by atoms with Crippen molar-refractivity contribution < 1.29 is 4.79 Å². The number of nitrogens with one attached hydrogen (secondary N) is 1. The van der Waals surface area contributed by atoms with Crippen molar-refractivity contribution >= 4 is 5.78 Å². The maximum absolute atomic E-state index is 11.5. The van der Waals surface area contributed by atoms with Gasteiger partial charge in [-0.2, -0.15) is 0 Å². The van der Waals surface area contributed by atoms with E-state index in [9.17, 15) is 4.79 Å². The van der Waals surface area contributed by atoms with E-state index in [1.807, 2.05) is 0 Å². The minimum Gasteiger partial charge on any atom is -0.362 e. The highest BCUT2D eigenvalue weighted by atomic mass is 16.1. The predicted molar refractivity (Wildman–Crippen MR) is 63.6 cm³/mol. The first-order valence-corrected chi connectivity index (χ1v) is 6.20. The number of aromatic amines is 1. The number of aromatic nitrogens is 1. The minimum absolute atomic E-state index is 0.432. The zero-order valence-corrected chi connectivity index (χ0v) is 9.46. The molecular weight excluding hydrogens is 198 g/mol. The third kappa shape index (κ3) is 1.73. The van der Waals surface area contributed by atoms with Crippen molar-refractivity contribution in [3.05, 3.63) is 35.2 Å². The summed E-state index contributed by atoms with van der Waals surface area (Å²) in [5, 5.41) is 0. The van der Waals surface area contributed by atoms with E-state index in [0.717, 1.165) is 32.1 Å². The highest BCUT2D eigenvalue weighted by Crippen LogP contribution is 2.32. The van der Waals surface area contributed by atoms with Crippen LogP contribution in [0.5, 0.6) is 0 Å². The molecule has 0 bridgehead atoms. The van der Waals surface area contributed by atoms with Crippen molar-refractivity contribution in [2.75, 3.05) is 0 Å². The maximum atomic E-state index is 11.5. The molecule has 16 heavy (non-hydrogen) atoms. The number of rotatable bonds is 1. The number of fused-ring (bicyclic) bond motifs is 1. The van der Waals surface area contributed by atoms with Crippen molar-refractivity contribution in [3.8, 4) is 0 Å². The van der Waals surface area contributed by atoms with Crippen LogP contribution in [0.2, 0.25) is 0 Å². The molecule has 0 amide bonds. The van der Waals surface area contributed by atoms with Gasteiger partial charge in [0.2, 0.25) is 0 Å². The normalized spacial score (nSPS) is 24.5. The monoisotopic (exact) mass is 215 g/mol. The van der Waals surface area contributed by atoms with Crippen LogP contribution in [0.15, 0.2) is 18.2 Å². The number of ketones is 1. The fourth-order valence-electron chi connectivity index (χ4n) is 2.85. The summed E-state index contributed by atoms with van der Waals surface area (Å²) in [5.74, 6) is 0.883. The van der Waals surface area contributed by atoms with Crippen LogP contribution in [0.25, 0.3) is 0 Å². The molecule has 2 heteroatoms. The second-order valence-corrected chi connectivity index (χ2v) is 4.94. The summed E-state index contributed by atoms with van der Waals surface area (Å²) in [5.41, 5.74) is 4.08. The molecule has 1 fully saturated rings. The molecule has 2 aliphatic rings. The van der Waals surface area contributed by atoms with Crippen LogP contribution in [-0.4, -0.2) is 10.8 Å². The number of Topliss-reactive ketones (excluding diaryl/α,β-unsaturated/α-hetero) is 1. The third-order valence-electron chi connectivity index (χ3n) is 3.76. The van der Waals surface area contributed by atoms with Gasteiger partial charge in [-0.15, -0.1) is 0 Å². The second-order valence-electron chi connectivity index (χ2n) is 4.94. The summed E-state index contributed by atoms with van der Waals surface area (Å²) in [4.78, 5) is 15.0. The number of H-pyrrole nitrogens is 1. The molecule has 1 aromatic heterocycles. The van der Waals surface area contributed by atoms with Crippen LogP contribution in [0.3, 0.4) is 0 Å². The van der Waals surface area contributed by atoms with Gasteiger partial charge in [-0.25, -0.2) is 0 Å². The quantitative estimate of drug-likeness (QED) is 0.718. The van der Waals surface area contributed by atoms with Gasteiger partial charge in [-0.1, -0.05) is 12.2 Å². The molecule has 0 aliphatic heterocycles. The average molecular weight is 215 g/mol. The molecule has 1 saturated carbocycles. The number of allylic oxidation sites excluding steroid dienone is 2. The Morgan fingerprint density at radius 1 is 1.25 bits per heavy atom. The molecule has 1 N–H and O–H groups in total. The van der Waals surface area contributed by atoms with Crippen molar-refractivity contribution in [1.29, 1.82) is 0 Å². The van der Waals surface area contributed by atoms with E-state index in [1.165, 1.54) is 23.4 Å². The van der Waals surface area contributed by atoms with Gasteiger partial charge in [0.25, 0.3) is 0 Å². The van der Waals surface area contributed by atoms with Crippen LogP contribution in [0.4, 0.5) is 0 Å². The molecule has 1 atom stereocenters. The molecule has 0 aromatic carbocycles. The van der Waals surface area contributed by atoms with E-state index in [0.29, 0.717) is 11.7 Å². The van der Waals surface area contributed by atoms with Crippen LogP contribution >= 0.6 is 0 Å². The Bertz CT molecular complexity index is 416. The van der Waals surface area contributed by atoms with E-state index >= 15 is 0 Å². The first-order chi connectivity index (χ1) is 7.83. The lowest BCUT2D eigenvalue weighted by Gasteiger charge is -2.19. The standard InChI is InChI=1S/C14H17NO/c16-12-6-3-5-10(8-12)14-9-11-4-1-2-7-13(11)15-14/h1-2,9-10,15H,3-8H2. The highest BCUT2D eigenvalue weighted by Gasteiger charge is 2.23. The second kappa shape index (κ2) is 3.93. The van der Waals surface area contributed by atoms with Gasteiger partial charge in [-0.3, -0.25) is 4.79 Å². The first-order valence-electron chi connectivity index (χ1n) is 6.20. The zero-order valence-electron chi connectivity index (χ0n) is 9.46. The third-order valence-corrected chi connectivity index (χ3v) is 3.76. The van der Waals surface area contributed by atoms with Crippen LogP contribution in [0, 0.1) is 0 Å². The predicted octanol–water partition coefficient (Wildman–Crippen LogP) is 2.90. The molecule has 0 radical (unpaired) electrons. The first kappa shape index (κ1) is 9.88. The zero-order chi connectivity index (χ0) is 11.0. The average Bonchev–Trinajstić information content (AvgIpc) is 2.72. The molecule has 84 valence electrons. The van der Waals surface area contributed by atoms with Crippen LogP contribution in [0.1, 0.15) is 48.6 Å². The van der Waals surface area contributed by atoms with Gasteiger partial charge in [-0.05, 0) is 30.9 Å². The minimum atomic E-state index is 0.432. The molecule has 0 spiro atoms. The van der Waals surface area contributed by atoms with Gasteiger partial charge >= 0.3 is 0 Å². The smallest absolute Gasteiger partial charge is 0.133 e. The van der Waals surface area contributed by atoms with Crippen LogP contribution in [-0.2, 0) is 17.6 Å². The Hall–Kier alpha value is -1.31. The summed E-state index contributed by atoms with van der Waals surface area (Å²) in [7, 11) is 0. The number of carbonyl (C=O) groups is 1. The van der Waals surface area contributed by atoms with Crippen molar-refractivity contribution in [2.24, 2.45) is 0 Å². The molecular formula is C14H17NO. The van der Waals surface area contributed by atoms with E-state index in [1.54, 1.807) is 0 Å². The lowest BCUT2D eigenvalue weighted by molar-refractivity contribution is -0.120. The Labute approximate surface area is 95.8 Å². The van der Waals surface area contributed by atoms with E-state index in [4.69, 9.17) is 0 Å². The van der Waals surface area contributed by atoms with Gasteiger partial charge in [0, 0.05) is 36.6 Å². The van der Waals surface area contributed by atoms with Crippen molar-refractivity contribution in [2.45, 2.75) is 44.4 Å². The van der Waals surface area contributed by atoms with Crippen molar-refractivity contribution in [3.63, 3.8) is 0 Å². The Kier molecular flexibility index (Phi) is 2.43. The molecule has 1 unspecified atom stereocenters. The summed E-state index contributed by atoms with van der Waals surface area (Å²) in [6, 6.07) is 2.28. The Morgan fingerprint density at radius 3 is 2.94 bits per heavy atom. The molecule has 1 aromatic rings. The number of hydrogen-bond acceptors (Lipinski definition) is 1. The molecule has 3 rings (SSSR count). The lowest BCUT2D eigenvalue weighted by Crippen LogP contribution is -2.13. The summed E-state index contributed by atoms with van der Waals surface area (Å²) >= 11 is 0. The fourth-order valence-corrected chi connectivity index (χ4v) is 2.85. The van der Waals surface area contributed by atoms with E-state index < -0.39 is 0 Å². The molecule has 1 heterocycles. The van der Waals surface area contributed by atoms with Gasteiger partial charge < -0.3 is 4.98 Å². The van der Waals surface area contributed by atoms with Crippen LogP contribution < -0.4 is 0 Å². The number of hydrogen-bond donors (Lipinski definition) is 1. The molecule has 2 nitrogen and oxygen atoms in total. The van der Waals surface area contributed by atoms with Gasteiger partial charge in [0.1, 0.15) is 5.78 Å². The Morgan fingerprint density at radius 2 is 2.12 bits per heavy atom. The largest absolute Gasteiger partial charge is 0.362 e. The van der Waals surface area contributed by atoms with Gasteiger partial charge in [0.15, 0.2) is 0 Å². The van der Waals surface area contributed by atoms with E-state index in [-0.39, 0.29) is 0 Å². The molecule has 0 saturated heterocycles. The fraction of sp³-hybridized carbons (Fsp3) is 0.500.